The molecular formula is C16H26N2O. The Bertz CT molecular complexity index is 364. The van der Waals surface area contributed by atoms with Crippen LogP contribution in [0.5, 0.6) is 0 Å². The Hall–Kier alpha value is -0.570. The van der Waals surface area contributed by atoms with Crippen LogP contribution < -0.4 is 11.1 Å². The molecule has 1 amide bonds. The molecule has 3 N–H and O–H groups in total. The minimum Gasteiger partial charge on any atom is -0.354 e. The zero-order chi connectivity index (χ0) is 13.1. The van der Waals surface area contributed by atoms with Gasteiger partial charge in [0.2, 0.25) is 5.91 Å². The van der Waals surface area contributed by atoms with Crippen LogP contribution in [0.1, 0.15) is 57.8 Å². The molecule has 5 aliphatic carbocycles. The SMILES string of the molecule is NC1(C(=O)NCCC23CC4CC(CC(C4)C2)C3)CC1. The molecule has 5 rings (SSSR count). The Morgan fingerprint density at radius 1 is 1.05 bits per heavy atom. The van der Waals surface area contributed by atoms with Crippen molar-refractivity contribution in [1.82, 2.24) is 5.32 Å². The van der Waals surface area contributed by atoms with Gasteiger partial charge >= 0.3 is 0 Å². The number of hydrogen-bond donors (Lipinski definition) is 2. The van der Waals surface area contributed by atoms with Crippen LogP contribution in [0, 0.1) is 23.2 Å². The summed E-state index contributed by atoms with van der Waals surface area (Å²) in [6, 6.07) is 0. The van der Waals surface area contributed by atoms with E-state index >= 15 is 0 Å². The summed E-state index contributed by atoms with van der Waals surface area (Å²) in [6.07, 6.45) is 11.7. The molecule has 5 saturated carbocycles. The normalized spacial score (nSPS) is 45.2. The monoisotopic (exact) mass is 262 g/mol. The van der Waals surface area contributed by atoms with Crippen molar-refractivity contribution >= 4 is 5.91 Å². The first-order chi connectivity index (χ1) is 9.07. The van der Waals surface area contributed by atoms with Gasteiger partial charge in [-0.1, -0.05) is 0 Å². The molecule has 5 aliphatic rings. The quantitative estimate of drug-likeness (QED) is 0.816. The number of nitrogens with two attached hydrogens (primary N) is 1. The van der Waals surface area contributed by atoms with Crippen LogP contribution in [0.3, 0.4) is 0 Å². The lowest BCUT2D eigenvalue weighted by molar-refractivity contribution is -0.123. The summed E-state index contributed by atoms with van der Waals surface area (Å²) in [5.74, 6) is 3.11. The third-order valence-corrected chi connectivity index (χ3v) is 6.35. The van der Waals surface area contributed by atoms with Crippen molar-refractivity contribution in [2.75, 3.05) is 6.54 Å². The van der Waals surface area contributed by atoms with Crippen molar-refractivity contribution in [2.24, 2.45) is 28.9 Å². The zero-order valence-corrected chi connectivity index (χ0v) is 11.8. The molecule has 0 atom stereocenters. The molecule has 0 heterocycles. The van der Waals surface area contributed by atoms with Gasteiger partial charge in [-0.15, -0.1) is 0 Å². The van der Waals surface area contributed by atoms with E-state index in [4.69, 9.17) is 5.73 Å². The largest absolute Gasteiger partial charge is 0.354 e. The van der Waals surface area contributed by atoms with Crippen LogP contribution in [0.15, 0.2) is 0 Å². The van der Waals surface area contributed by atoms with Crippen LogP contribution in [-0.4, -0.2) is 18.0 Å². The molecule has 4 bridgehead atoms. The standard InChI is InChI=1S/C16H26N2O/c17-16(1-2-16)14(19)18-4-3-15-8-11-5-12(9-15)7-13(6-11)10-15/h11-13H,1-10,17H2,(H,18,19). The maximum Gasteiger partial charge on any atom is 0.240 e. The average molecular weight is 262 g/mol. The molecule has 0 aromatic rings. The number of nitrogens with one attached hydrogen (secondary N) is 1. The van der Waals surface area contributed by atoms with E-state index in [9.17, 15) is 4.79 Å². The van der Waals surface area contributed by atoms with Gasteiger partial charge in [0.1, 0.15) is 0 Å². The minimum atomic E-state index is -0.499. The number of carbonyl (C=O) groups is 1. The molecule has 106 valence electrons. The second-order valence-electron chi connectivity index (χ2n) is 8.08. The molecule has 0 saturated heterocycles. The molecule has 0 aromatic heterocycles. The van der Waals surface area contributed by atoms with Crippen LogP contribution >= 0.6 is 0 Å². The molecule has 3 nitrogen and oxygen atoms in total. The molecule has 5 fully saturated rings. The summed E-state index contributed by atoms with van der Waals surface area (Å²) in [4.78, 5) is 11.9. The van der Waals surface area contributed by atoms with Crippen molar-refractivity contribution in [1.29, 1.82) is 0 Å². The molecule has 0 radical (unpaired) electrons. The average Bonchev–Trinajstić information content (AvgIpc) is 3.06. The van der Waals surface area contributed by atoms with Crippen molar-refractivity contribution < 1.29 is 4.79 Å². The highest BCUT2D eigenvalue weighted by molar-refractivity contribution is 5.88. The van der Waals surface area contributed by atoms with Crippen LogP contribution in [0.25, 0.3) is 0 Å². The van der Waals surface area contributed by atoms with E-state index in [-0.39, 0.29) is 5.91 Å². The Morgan fingerprint density at radius 2 is 1.58 bits per heavy atom. The predicted octanol–water partition coefficient (Wildman–Crippen LogP) is 2.20. The maximum absolute atomic E-state index is 11.9. The first kappa shape index (κ1) is 12.2. The zero-order valence-electron chi connectivity index (χ0n) is 11.8. The summed E-state index contributed by atoms with van der Waals surface area (Å²) in [7, 11) is 0. The predicted molar refractivity (Wildman–Crippen MR) is 74.4 cm³/mol. The van der Waals surface area contributed by atoms with Gasteiger partial charge in [-0.2, -0.15) is 0 Å². The second-order valence-corrected chi connectivity index (χ2v) is 8.08. The first-order valence-electron chi connectivity index (χ1n) is 8.14. The Balaban J connectivity index is 1.34. The van der Waals surface area contributed by atoms with Gasteiger partial charge in [0, 0.05) is 6.54 Å². The highest BCUT2D eigenvalue weighted by Gasteiger charge is 2.51. The Morgan fingerprint density at radius 3 is 2.05 bits per heavy atom. The highest BCUT2D eigenvalue weighted by Crippen LogP contribution is 2.61. The highest BCUT2D eigenvalue weighted by atomic mass is 16.2. The summed E-state index contributed by atoms with van der Waals surface area (Å²) in [5, 5.41) is 3.10. The van der Waals surface area contributed by atoms with E-state index < -0.39 is 5.54 Å². The van der Waals surface area contributed by atoms with E-state index in [0.717, 1.165) is 37.1 Å². The Kier molecular flexibility index (Phi) is 2.55. The van der Waals surface area contributed by atoms with Crippen LogP contribution in [0.4, 0.5) is 0 Å². The van der Waals surface area contributed by atoms with Crippen LogP contribution in [-0.2, 0) is 4.79 Å². The van der Waals surface area contributed by atoms with Gasteiger partial charge in [0.05, 0.1) is 5.54 Å². The summed E-state index contributed by atoms with van der Waals surface area (Å²) >= 11 is 0. The van der Waals surface area contributed by atoms with Crippen molar-refractivity contribution in [3.63, 3.8) is 0 Å². The molecule has 3 heteroatoms. The van der Waals surface area contributed by atoms with Crippen molar-refractivity contribution in [2.45, 2.75) is 63.3 Å². The van der Waals surface area contributed by atoms with Crippen LogP contribution in [0.2, 0.25) is 0 Å². The smallest absolute Gasteiger partial charge is 0.240 e. The van der Waals surface area contributed by atoms with E-state index in [2.05, 4.69) is 5.32 Å². The van der Waals surface area contributed by atoms with Gasteiger partial charge in [-0.3, -0.25) is 4.79 Å². The second kappa shape index (κ2) is 3.97. The fourth-order valence-corrected chi connectivity index (χ4v) is 5.58. The van der Waals surface area contributed by atoms with E-state index in [1.165, 1.54) is 44.9 Å². The summed E-state index contributed by atoms with van der Waals surface area (Å²) in [5.41, 5.74) is 6.00. The summed E-state index contributed by atoms with van der Waals surface area (Å²) < 4.78 is 0. The fraction of sp³-hybridized carbons (Fsp3) is 0.938. The lowest BCUT2D eigenvalue weighted by Gasteiger charge is -2.57. The van der Waals surface area contributed by atoms with Gasteiger partial charge in [0.25, 0.3) is 0 Å². The van der Waals surface area contributed by atoms with Crippen molar-refractivity contribution in [3.8, 4) is 0 Å². The number of rotatable bonds is 4. The van der Waals surface area contributed by atoms with Gasteiger partial charge in [-0.05, 0) is 81.0 Å². The van der Waals surface area contributed by atoms with Crippen molar-refractivity contribution in [3.05, 3.63) is 0 Å². The number of hydrogen-bond acceptors (Lipinski definition) is 2. The van der Waals surface area contributed by atoms with E-state index in [0.29, 0.717) is 5.41 Å². The topological polar surface area (TPSA) is 55.1 Å². The first-order valence-corrected chi connectivity index (χ1v) is 8.14. The van der Waals surface area contributed by atoms with Gasteiger partial charge < -0.3 is 11.1 Å². The molecule has 0 unspecified atom stereocenters. The molecule has 19 heavy (non-hydrogen) atoms. The maximum atomic E-state index is 11.9. The van der Waals surface area contributed by atoms with E-state index in [1.807, 2.05) is 0 Å². The lowest BCUT2D eigenvalue weighted by Crippen LogP contribution is -2.48. The minimum absolute atomic E-state index is 0.0947. The van der Waals surface area contributed by atoms with E-state index in [1.54, 1.807) is 0 Å². The van der Waals surface area contributed by atoms with Gasteiger partial charge in [-0.25, -0.2) is 0 Å². The third-order valence-electron chi connectivity index (χ3n) is 6.35. The fourth-order valence-electron chi connectivity index (χ4n) is 5.58. The molecule has 0 aliphatic heterocycles. The van der Waals surface area contributed by atoms with Gasteiger partial charge in [0.15, 0.2) is 0 Å². The lowest BCUT2D eigenvalue weighted by atomic mass is 9.49. The third kappa shape index (κ3) is 2.10. The molecule has 0 aromatic carbocycles. The summed E-state index contributed by atoms with van der Waals surface area (Å²) in [6.45, 7) is 0.851. The molecule has 0 spiro atoms. The number of carbonyl (C=O) groups excluding carboxylic acids is 1. The molecular weight excluding hydrogens is 236 g/mol. The number of amides is 1. The Labute approximate surface area is 115 Å².